The molecule has 1 aromatic carbocycles. The van der Waals surface area contributed by atoms with E-state index in [2.05, 4.69) is 41.7 Å². The molecule has 0 radical (unpaired) electrons. The minimum Gasteiger partial charge on any atom is -0.276 e. The van der Waals surface area contributed by atoms with Gasteiger partial charge in [-0.1, -0.05) is 29.8 Å². The van der Waals surface area contributed by atoms with E-state index in [0.29, 0.717) is 0 Å². The summed E-state index contributed by atoms with van der Waals surface area (Å²) < 4.78 is 1.82. The number of rotatable bonds is 6. The van der Waals surface area contributed by atoms with Gasteiger partial charge in [-0.2, -0.15) is 5.10 Å². The van der Waals surface area contributed by atoms with Crippen molar-refractivity contribution in [3.63, 3.8) is 0 Å². The molecule has 1 heterocycles. The largest absolute Gasteiger partial charge is 0.276 e. The Bertz CT molecular complexity index is 518. The SMILES string of the molecule is Cc1cccc(CCC(Cc2ccn(C)n2)NN)c1. The Morgan fingerprint density at radius 2 is 2.21 bits per heavy atom. The van der Waals surface area contributed by atoms with Gasteiger partial charge in [0.15, 0.2) is 0 Å². The van der Waals surface area contributed by atoms with Crippen LogP contribution < -0.4 is 11.3 Å². The minimum absolute atomic E-state index is 0.260. The maximum atomic E-state index is 5.64. The molecule has 1 unspecified atom stereocenters. The Morgan fingerprint density at radius 3 is 2.84 bits per heavy atom. The molecule has 0 saturated carbocycles. The summed E-state index contributed by atoms with van der Waals surface area (Å²) in [5, 5.41) is 4.39. The fourth-order valence-corrected chi connectivity index (χ4v) is 2.28. The number of benzene rings is 1. The van der Waals surface area contributed by atoms with Crippen LogP contribution in [0.1, 0.15) is 23.2 Å². The van der Waals surface area contributed by atoms with Crippen LogP contribution in [-0.4, -0.2) is 15.8 Å². The van der Waals surface area contributed by atoms with E-state index in [4.69, 9.17) is 5.84 Å². The molecule has 0 saturated heterocycles. The zero-order valence-corrected chi connectivity index (χ0v) is 11.6. The summed E-state index contributed by atoms with van der Waals surface area (Å²) in [6.07, 6.45) is 4.87. The summed E-state index contributed by atoms with van der Waals surface area (Å²) in [5.41, 5.74) is 6.64. The molecule has 0 aliphatic rings. The maximum Gasteiger partial charge on any atom is 0.0640 e. The van der Waals surface area contributed by atoms with Crippen molar-refractivity contribution in [1.29, 1.82) is 0 Å². The van der Waals surface area contributed by atoms with Crippen molar-refractivity contribution in [1.82, 2.24) is 15.2 Å². The van der Waals surface area contributed by atoms with Gasteiger partial charge in [0.2, 0.25) is 0 Å². The predicted octanol–water partition coefficient (Wildman–Crippen LogP) is 1.74. The van der Waals surface area contributed by atoms with E-state index in [9.17, 15) is 0 Å². The van der Waals surface area contributed by atoms with Crippen LogP contribution in [0.15, 0.2) is 36.5 Å². The van der Waals surface area contributed by atoms with Crippen LogP contribution in [0.4, 0.5) is 0 Å². The van der Waals surface area contributed by atoms with Crippen LogP contribution in [0.5, 0.6) is 0 Å². The van der Waals surface area contributed by atoms with Gasteiger partial charge in [0.1, 0.15) is 0 Å². The Hall–Kier alpha value is -1.65. The molecule has 0 spiro atoms. The first-order chi connectivity index (χ1) is 9.17. The van der Waals surface area contributed by atoms with Crippen molar-refractivity contribution in [2.45, 2.75) is 32.2 Å². The molecule has 2 aromatic rings. The molecule has 4 nitrogen and oxygen atoms in total. The highest BCUT2D eigenvalue weighted by molar-refractivity contribution is 5.22. The molecule has 102 valence electrons. The van der Waals surface area contributed by atoms with E-state index >= 15 is 0 Å². The lowest BCUT2D eigenvalue weighted by molar-refractivity contribution is 0.484. The van der Waals surface area contributed by atoms with E-state index in [0.717, 1.165) is 25.0 Å². The van der Waals surface area contributed by atoms with E-state index < -0.39 is 0 Å². The van der Waals surface area contributed by atoms with Gasteiger partial charge in [0.25, 0.3) is 0 Å². The van der Waals surface area contributed by atoms with Gasteiger partial charge in [-0.3, -0.25) is 16.0 Å². The predicted molar refractivity (Wildman–Crippen MR) is 77.5 cm³/mol. The lowest BCUT2D eigenvalue weighted by atomic mass is 10.0. The standard InChI is InChI=1S/C15H22N4/c1-12-4-3-5-13(10-12)6-7-14(17-16)11-15-8-9-19(2)18-15/h3-5,8-10,14,17H,6-7,11,16H2,1-2H3. The minimum atomic E-state index is 0.260. The highest BCUT2D eigenvalue weighted by Gasteiger charge is 2.10. The van der Waals surface area contributed by atoms with Gasteiger partial charge in [0, 0.05) is 25.7 Å². The summed E-state index contributed by atoms with van der Waals surface area (Å²) in [6, 6.07) is 10.9. The number of hydrogen-bond acceptors (Lipinski definition) is 3. The van der Waals surface area contributed by atoms with Crippen molar-refractivity contribution in [3.05, 3.63) is 53.3 Å². The second kappa shape index (κ2) is 6.50. The van der Waals surface area contributed by atoms with E-state index in [1.807, 2.05) is 24.0 Å². The third-order valence-corrected chi connectivity index (χ3v) is 3.32. The molecule has 1 atom stereocenters. The molecule has 0 amide bonds. The Kier molecular flexibility index (Phi) is 4.71. The van der Waals surface area contributed by atoms with Gasteiger partial charge < -0.3 is 0 Å². The van der Waals surface area contributed by atoms with Crippen LogP contribution in [-0.2, 0) is 19.9 Å². The number of nitrogens with two attached hydrogens (primary N) is 1. The maximum absolute atomic E-state index is 5.64. The van der Waals surface area contributed by atoms with E-state index in [1.54, 1.807) is 0 Å². The smallest absolute Gasteiger partial charge is 0.0640 e. The first kappa shape index (κ1) is 13.8. The second-order valence-electron chi connectivity index (χ2n) is 5.08. The Balaban J connectivity index is 1.89. The van der Waals surface area contributed by atoms with E-state index in [-0.39, 0.29) is 6.04 Å². The molecule has 0 fully saturated rings. The number of nitrogens with zero attached hydrogens (tertiary/aromatic N) is 2. The average Bonchev–Trinajstić information content (AvgIpc) is 2.80. The summed E-state index contributed by atoms with van der Waals surface area (Å²) in [5.74, 6) is 5.64. The zero-order chi connectivity index (χ0) is 13.7. The van der Waals surface area contributed by atoms with Crippen molar-refractivity contribution < 1.29 is 0 Å². The van der Waals surface area contributed by atoms with Crippen molar-refractivity contribution in [2.75, 3.05) is 0 Å². The molecule has 0 aliphatic carbocycles. The molecule has 19 heavy (non-hydrogen) atoms. The third-order valence-electron chi connectivity index (χ3n) is 3.32. The summed E-state index contributed by atoms with van der Waals surface area (Å²) in [7, 11) is 1.93. The highest BCUT2D eigenvalue weighted by Crippen LogP contribution is 2.10. The topological polar surface area (TPSA) is 55.9 Å². The van der Waals surface area contributed by atoms with Gasteiger partial charge in [-0.05, 0) is 31.4 Å². The number of aromatic nitrogens is 2. The van der Waals surface area contributed by atoms with Gasteiger partial charge in [-0.25, -0.2) is 0 Å². The molecule has 2 rings (SSSR count). The molecular weight excluding hydrogens is 236 g/mol. The van der Waals surface area contributed by atoms with E-state index in [1.165, 1.54) is 11.1 Å². The number of nitrogens with one attached hydrogen (secondary N) is 1. The number of hydrogen-bond donors (Lipinski definition) is 2. The first-order valence-electron chi connectivity index (χ1n) is 6.67. The summed E-state index contributed by atoms with van der Waals surface area (Å²) >= 11 is 0. The third kappa shape index (κ3) is 4.19. The fraction of sp³-hybridized carbons (Fsp3) is 0.400. The Labute approximate surface area is 114 Å². The lowest BCUT2D eigenvalue weighted by Crippen LogP contribution is -2.37. The van der Waals surface area contributed by atoms with Crippen molar-refractivity contribution >= 4 is 0 Å². The quantitative estimate of drug-likeness (QED) is 0.613. The summed E-state index contributed by atoms with van der Waals surface area (Å²) in [4.78, 5) is 0. The average molecular weight is 258 g/mol. The molecule has 1 aromatic heterocycles. The van der Waals surface area contributed by atoms with Crippen molar-refractivity contribution in [3.8, 4) is 0 Å². The molecule has 0 bridgehead atoms. The van der Waals surface area contributed by atoms with Crippen LogP contribution in [0.3, 0.4) is 0 Å². The zero-order valence-electron chi connectivity index (χ0n) is 11.6. The Morgan fingerprint density at radius 1 is 1.37 bits per heavy atom. The first-order valence-corrected chi connectivity index (χ1v) is 6.67. The van der Waals surface area contributed by atoms with Crippen LogP contribution in [0.25, 0.3) is 0 Å². The normalized spacial score (nSPS) is 12.6. The lowest BCUT2D eigenvalue weighted by Gasteiger charge is -2.14. The van der Waals surface area contributed by atoms with Crippen LogP contribution in [0, 0.1) is 6.92 Å². The molecular formula is C15H22N4. The molecule has 0 aliphatic heterocycles. The van der Waals surface area contributed by atoms with Crippen molar-refractivity contribution in [2.24, 2.45) is 12.9 Å². The number of aryl methyl sites for hydroxylation is 3. The van der Waals surface area contributed by atoms with Gasteiger partial charge in [0.05, 0.1) is 5.69 Å². The highest BCUT2D eigenvalue weighted by atomic mass is 15.3. The second-order valence-corrected chi connectivity index (χ2v) is 5.08. The molecule has 3 N–H and O–H groups in total. The molecule has 4 heteroatoms. The van der Waals surface area contributed by atoms with Crippen LogP contribution >= 0.6 is 0 Å². The number of hydrazine groups is 1. The monoisotopic (exact) mass is 258 g/mol. The van der Waals surface area contributed by atoms with Crippen LogP contribution in [0.2, 0.25) is 0 Å². The summed E-state index contributed by atoms with van der Waals surface area (Å²) in [6.45, 7) is 2.12. The van der Waals surface area contributed by atoms with Gasteiger partial charge >= 0.3 is 0 Å². The fourth-order valence-electron chi connectivity index (χ4n) is 2.28. The van der Waals surface area contributed by atoms with Gasteiger partial charge in [-0.15, -0.1) is 0 Å².